The maximum absolute atomic E-state index is 4.65. The topological polar surface area (TPSA) is 9.23 Å². The van der Waals surface area contributed by atoms with Crippen LogP contribution in [0.25, 0.3) is 0 Å². The standard InChI is InChI=1S/C2H5O.Ta/c1-2-3;/h2H2,1H3;/q-1;+1. The van der Waals surface area contributed by atoms with E-state index in [1.54, 1.807) is 0 Å². The van der Waals surface area contributed by atoms with Gasteiger partial charge in [-0.05, 0) is 0 Å². The molecule has 0 bridgehead atoms. The van der Waals surface area contributed by atoms with Crippen molar-refractivity contribution in [2.75, 3.05) is 6.61 Å². The van der Waals surface area contributed by atoms with E-state index >= 15 is 0 Å². The summed E-state index contributed by atoms with van der Waals surface area (Å²) >= 11 is 1.05. The quantitative estimate of drug-likeness (QED) is 0.632. The van der Waals surface area contributed by atoms with Gasteiger partial charge in [-0.15, -0.1) is 0 Å². The Morgan fingerprint density at radius 1 is 2.00 bits per heavy atom. The van der Waals surface area contributed by atoms with Crippen LogP contribution in [-0.2, 0) is 24.7 Å². The van der Waals surface area contributed by atoms with Crippen LogP contribution < -0.4 is 0 Å². The zero-order valence-corrected chi connectivity index (χ0v) is 5.78. The van der Waals surface area contributed by atoms with E-state index in [9.17, 15) is 0 Å². The van der Waals surface area contributed by atoms with Crippen molar-refractivity contribution in [1.29, 1.82) is 0 Å². The third kappa shape index (κ3) is 2.70. The summed E-state index contributed by atoms with van der Waals surface area (Å²) in [4.78, 5) is 0. The molecule has 0 aromatic rings. The Balaban J connectivity index is 1.97. The van der Waals surface area contributed by atoms with Gasteiger partial charge in [-0.25, -0.2) is 0 Å². The van der Waals surface area contributed by atoms with Crippen LogP contribution in [0.1, 0.15) is 6.92 Å². The van der Waals surface area contributed by atoms with Gasteiger partial charge in [0, 0.05) is 0 Å². The maximum atomic E-state index is 4.65. The first-order valence-corrected chi connectivity index (χ1v) is 2.49. The number of hydrogen-bond donors (Lipinski definition) is 0. The van der Waals surface area contributed by atoms with E-state index in [-0.39, 0.29) is 0 Å². The van der Waals surface area contributed by atoms with E-state index < -0.39 is 0 Å². The molecule has 0 aromatic carbocycles. The van der Waals surface area contributed by atoms with Crippen molar-refractivity contribution in [3.8, 4) is 0 Å². The molecule has 0 saturated heterocycles. The van der Waals surface area contributed by atoms with Gasteiger partial charge in [-0.2, -0.15) is 0 Å². The van der Waals surface area contributed by atoms with E-state index in [2.05, 4.69) is 3.24 Å². The van der Waals surface area contributed by atoms with Crippen LogP contribution >= 0.6 is 0 Å². The van der Waals surface area contributed by atoms with Crippen LogP contribution in [0, 0.1) is 0 Å². The Bertz CT molecular complexity index is 8.00. The van der Waals surface area contributed by atoms with Crippen molar-refractivity contribution in [2.45, 2.75) is 6.92 Å². The van der Waals surface area contributed by atoms with Crippen LogP contribution in [0.2, 0.25) is 0 Å². The van der Waals surface area contributed by atoms with Gasteiger partial charge >= 0.3 is 38.2 Å². The van der Waals surface area contributed by atoms with Crippen molar-refractivity contribution >= 4 is 0 Å². The summed E-state index contributed by atoms with van der Waals surface area (Å²) in [7, 11) is 0. The SMILES string of the molecule is CC[O][Ta]. The fraction of sp³-hybridized carbons (Fsp3) is 1.00. The van der Waals surface area contributed by atoms with Crippen molar-refractivity contribution in [3.05, 3.63) is 0 Å². The zero-order chi connectivity index (χ0) is 3.41. The van der Waals surface area contributed by atoms with E-state index in [0.29, 0.717) is 0 Å². The first-order chi connectivity index (χ1) is 1.91. The predicted octanol–water partition coefficient (Wildman–Crippen LogP) is 0.485. The summed E-state index contributed by atoms with van der Waals surface area (Å²) in [6.45, 7) is 2.85. The molecule has 1 nitrogen and oxygen atoms in total. The zero-order valence-electron chi connectivity index (χ0n) is 2.56. The van der Waals surface area contributed by atoms with Gasteiger partial charge in [-0.1, -0.05) is 0 Å². The summed E-state index contributed by atoms with van der Waals surface area (Å²) in [5, 5.41) is 0. The van der Waals surface area contributed by atoms with Gasteiger partial charge in [0.1, 0.15) is 0 Å². The van der Waals surface area contributed by atoms with Crippen LogP contribution in [0.5, 0.6) is 0 Å². The molecule has 0 heterocycles. The number of rotatable bonds is 1. The van der Waals surface area contributed by atoms with E-state index in [4.69, 9.17) is 0 Å². The summed E-state index contributed by atoms with van der Waals surface area (Å²) in [5.41, 5.74) is 0. The van der Waals surface area contributed by atoms with Gasteiger partial charge < -0.3 is 0 Å². The first-order valence-electron chi connectivity index (χ1n) is 1.18. The van der Waals surface area contributed by atoms with E-state index in [1.807, 2.05) is 6.92 Å². The minimum absolute atomic E-state index is 0.869. The Hall–Kier alpha value is 0.700. The van der Waals surface area contributed by atoms with Crippen LogP contribution in [0.4, 0.5) is 0 Å². The molecule has 4 heavy (non-hydrogen) atoms. The van der Waals surface area contributed by atoms with Gasteiger partial charge in [0.15, 0.2) is 0 Å². The van der Waals surface area contributed by atoms with Crippen LogP contribution in [0.3, 0.4) is 0 Å². The molecule has 0 spiro atoms. The molecule has 0 aliphatic carbocycles. The third-order valence-electron chi connectivity index (χ3n) is 0.129. The molecular weight excluding hydrogens is 221 g/mol. The van der Waals surface area contributed by atoms with Crippen molar-refractivity contribution in [1.82, 2.24) is 0 Å². The summed E-state index contributed by atoms with van der Waals surface area (Å²) in [5.74, 6) is 0. The monoisotopic (exact) mass is 226 g/mol. The van der Waals surface area contributed by atoms with Gasteiger partial charge in [0.25, 0.3) is 0 Å². The minimum atomic E-state index is 0.869. The second-order valence-electron chi connectivity index (χ2n) is 0.418. The van der Waals surface area contributed by atoms with Gasteiger partial charge in [0.05, 0.1) is 0 Å². The molecular formula is C2H5OTa. The Morgan fingerprint density at radius 3 is 2.25 bits per heavy atom. The average Bonchev–Trinajstić information content (AvgIpc) is 1.37. The Kier molecular flexibility index (Phi) is 4.35. The van der Waals surface area contributed by atoms with Crippen molar-refractivity contribution < 1.29 is 24.7 Å². The fourth-order valence-electron chi connectivity index (χ4n) is 0. The molecule has 0 fully saturated rings. The molecule has 0 unspecified atom stereocenters. The summed E-state index contributed by atoms with van der Waals surface area (Å²) in [6, 6.07) is 0. The van der Waals surface area contributed by atoms with Crippen LogP contribution in [0.15, 0.2) is 0 Å². The molecule has 0 aliphatic rings. The fourth-order valence-corrected chi connectivity index (χ4v) is 0. The number of hydrogen-bond acceptors (Lipinski definition) is 1. The second-order valence-corrected chi connectivity index (χ2v) is 1.35. The molecule has 24 valence electrons. The second kappa shape index (κ2) is 3.70. The van der Waals surface area contributed by atoms with Gasteiger partial charge in [0.2, 0.25) is 0 Å². The van der Waals surface area contributed by atoms with Crippen molar-refractivity contribution in [3.63, 3.8) is 0 Å². The normalized spacial score (nSPS) is 7.25. The molecule has 0 aromatic heterocycles. The predicted molar refractivity (Wildman–Crippen MR) is 11.6 cm³/mol. The van der Waals surface area contributed by atoms with Crippen molar-refractivity contribution in [2.24, 2.45) is 0 Å². The molecule has 0 radical (unpaired) electrons. The molecule has 2 heteroatoms. The molecule has 0 saturated carbocycles. The summed E-state index contributed by atoms with van der Waals surface area (Å²) < 4.78 is 4.65. The molecule has 0 N–H and O–H groups in total. The van der Waals surface area contributed by atoms with E-state index in [1.165, 1.54) is 0 Å². The molecule has 0 aliphatic heterocycles. The molecule has 0 atom stereocenters. The van der Waals surface area contributed by atoms with Gasteiger partial charge in [-0.3, -0.25) is 0 Å². The van der Waals surface area contributed by atoms with Crippen LogP contribution in [-0.4, -0.2) is 6.61 Å². The first kappa shape index (κ1) is 4.70. The summed E-state index contributed by atoms with van der Waals surface area (Å²) in [6.07, 6.45) is 0. The third-order valence-corrected chi connectivity index (χ3v) is 1.06. The molecule has 0 rings (SSSR count). The average molecular weight is 226 g/mol. The Labute approximate surface area is 38.8 Å². The van der Waals surface area contributed by atoms with E-state index in [0.717, 1.165) is 28.1 Å². The Morgan fingerprint density at radius 2 is 2.25 bits per heavy atom. The molecule has 0 amide bonds.